The highest BCUT2D eigenvalue weighted by atomic mass is 16.4. The van der Waals surface area contributed by atoms with Crippen LogP contribution in [0.2, 0.25) is 0 Å². The number of rotatable bonds is 2. The predicted octanol–water partition coefficient (Wildman–Crippen LogP) is 1.68. The van der Waals surface area contributed by atoms with Gasteiger partial charge >= 0.3 is 12.0 Å². The van der Waals surface area contributed by atoms with E-state index < -0.39 is 11.6 Å². The number of aryl methyl sites for hydroxylation is 1. The van der Waals surface area contributed by atoms with Crippen LogP contribution < -0.4 is 5.32 Å². The Labute approximate surface area is 117 Å². The van der Waals surface area contributed by atoms with E-state index in [1.165, 1.54) is 6.07 Å². The van der Waals surface area contributed by atoms with E-state index in [1.54, 1.807) is 30.9 Å². The molecule has 108 valence electrons. The van der Waals surface area contributed by atoms with Gasteiger partial charge in [-0.1, -0.05) is 0 Å². The van der Waals surface area contributed by atoms with Crippen LogP contribution in [0, 0.1) is 6.92 Å². The Hall–Kier alpha value is -2.08. The van der Waals surface area contributed by atoms with Crippen molar-refractivity contribution in [2.24, 2.45) is 0 Å². The minimum absolute atomic E-state index is 0.215. The number of carbonyl (C=O) groups is 2. The smallest absolute Gasteiger partial charge is 0.335 e. The van der Waals surface area contributed by atoms with Gasteiger partial charge in [-0.2, -0.15) is 0 Å². The maximum absolute atomic E-state index is 12.0. The minimum atomic E-state index is -0.990. The summed E-state index contributed by atoms with van der Waals surface area (Å²) in [7, 11) is 0. The molecule has 1 heterocycles. The molecule has 1 aromatic carbocycles. The molecule has 1 aromatic rings. The number of hydrogen-bond donors (Lipinski definition) is 3. The summed E-state index contributed by atoms with van der Waals surface area (Å²) >= 11 is 0. The zero-order valence-corrected chi connectivity index (χ0v) is 11.5. The quantitative estimate of drug-likeness (QED) is 0.767. The summed E-state index contributed by atoms with van der Waals surface area (Å²) in [6, 6.07) is 4.36. The fraction of sp³-hybridized carbons (Fsp3) is 0.429. The van der Waals surface area contributed by atoms with Crippen molar-refractivity contribution in [3.8, 4) is 0 Å². The van der Waals surface area contributed by atoms with Gasteiger partial charge in [0.05, 0.1) is 17.7 Å². The Bertz CT molecular complexity index is 554. The SMILES string of the molecule is Cc1cc(NC(=O)N2CCC(C)(O)C2)ccc1C(=O)O. The third-order valence-corrected chi connectivity index (χ3v) is 3.45. The molecule has 1 fully saturated rings. The van der Waals surface area contributed by atoms with E-state index in [0.717, 1.165) is 0 Å². The lowest BCUT2D eigenvalue weighted by Crippen LogP contribution is -2.36. The van der Waals surface area contributed by atoms with Crippen molar-refractivity contribution < 1.29 is 19.8 Å². The third kappa shape index (κ3) is 3.08. The number of amides is 2. The number of carbonyl (C=O) groups excluding carboxylic acids is 1. The Morgan fingerprint density at radius 3 is 2.60 bits per heavy atom. The van der Waals surface area contributed by atoms with Crippen LogP contribution in [0.3, 0.4) is 0 Å². The standard InChI is InChI=1S/C14H18N2O4/c1-9-7-10(3-4-11(9)12(17)18)15-13(19)16-6-5-14(2,20)8-16/h3-4,7,20H,5-6,8H2,1-2H3,(H,15,19)(H,17,18). The number of carboxylic acids is 1. The van der Waals surface area contributed by atoms with Crippen LogP contribution >= 0.6 is 0 Å². The highest BCUT2D eigenvalue weighted by Crippen LogP contribution is 2.22. The first-order chi connectivity index (χ1) is 9.28. The van der Waals surface area contributed by atoms with Crippen molar-refractivity contribution in [2.75, 3.05) is 18.4 Å². The van der Waals surface area contributed by atoms with Crippen LogP contribution in [0.25, 0.3) is 0 Å². The van der Waals surface area contributed by atoms with Gasteiger partial charge in [0.1, 0.15) is 0 Å². The highest BCUT2D eigenvalue weighted by Gasteiger charge is 2.33. The largest absolute Gasteiger partial charge is 0.478 e. The van der Waals surface area contributed by atoms with Gasteiger partial charge < -0.3 is 20.4 Å². The van der Waals surface area contributed by atoms with Gasteiger partial charge in [-0.15, -0.1) is 0 Å². The molecule has 0 spiro atoms. The number of aromatic carboxylic acids is 1. The van der Waals surface area contributed by atoms with Gasteiger partial charge in [0.15, 0.2) is 0 Å². The second-order valence-electron chi connectivity index (χ2n) is 5.43. The van der Waals surface area contributed by atoms with Crippen LogP contribution in [-0.2, 0) is 0 Å². The molecule has 6 nitrogen and oxygen atoms in total. The first-order valence-corrected chi connectivity index (χ1v) is 6.41. The average molecular weight is 278 g/mol. The zero-order chi connectivity index (χ0) is 14.9. The molecule has 20 heavy (non-hydrogen) atoms. The second kappa shape index (κ2) is 5.13. The first-order valence-electron chi connectivity index (χ1n) is 6.41. The lowest BCUT2D eigenvalue weighted by atomic mass is 10.1. The number of aliphatic hydroxyl groups is 1. The molecule has 1 saturated heterocycles. The molecule has 6 heteroatoms. The summed E-state index contributed by atoms with van der Waals surface area (Å²) in [5.74, 6) is -0.990. The second-order valence-corrected chi connectivity index (χ2v) is 5.43. The summed E-state index contributed by atoms with van der Waals surface area (Å²) in [6.07, 6.45) is 0.553. The van der Waals surface area contributed by atoms with Crippen molar-refractivity contribution >= 4 is 17.7 Å². The van der Waals surface area contributed by atoms with Crippen LogP contribution in [0.5, 0.6) is 0 Å². The number of carboxylic acid groups (broad SMARTS) is 1. The minimum Gasteiger partial charge on any atom is -0.478 e. The van der Waals surface area contributed by atoms with Crippen LogP contribution in [-0.4, -0.2) is 45.8 Å². The Morgan fingerprint density at radius 1 is 1.40 bits per heavy atom. The maximum Gasteiger partial charge on any atom is 0.335 e. The summed E-state index contributed by atoms with van der Waals surface area (Å²) in [5.41, 5.74) is 0.514. The van der Waals surface area contributed by atoms with Gasteiger partial charge in [0, 0.05) is 12.2 Å². The zero-order valence-electron chi connectivity index (χ0n) is 11.5. The predicted molar refractivity (Wildman–Crippen MR) is 74.0 cm³/mol. The van der Waals surface area contributed by atoms with E-state index in [2.05, 4.69) is 5.32 Å². The molecular weight excluding hydrogens is 260 g/mol. The van der Waals surface area contributed by atoms with E-state index in [1.807, 2.05) is 0 Å². The molecule has 0 bridgehead atoms. The molecule has 1 atom stereocenters. The van der Waals surface area contributed by atoms with Gasteiger partial charge in [-0.3, -0.25) is 0 Å². The summed E-state index contributed by atoms with van der Waals surface area (Å²) < 4.78 is 0. The average Bonchev–Trinajstić information content (AvgIpc) is 2.69. The fourth-order valence-electron chi connectivity index (χ4n) is 2.30. The molecule has 0 saturated carbocycles. The molecule has 0 aromatic heterocycles. The van der Waals surface area contributed by atoms with Gasteiger partial charge in [0.25, 0.3) is 0 Å². The summed E-state index contributed by atoms with van der Waals surface area (Å²) in [6.45, 7) is 4.18. The molecule has 3 N–H and O–H groups in total. The molecule has 0 aliphatic carbocycles. The van der Waals surface area contributed by atoms with Crippen molar-refractivity contribution in [1.82, 2.24) is 4.90 Å². The van der Waals surface area contributed by atoms with Crippen LogP contribution in [0.4, 0.5) is 10.5 Å². The molecule has 2 rings (SSSR count). The van der Waals surface area contributed by atoms with E-state index in [-0.39, 0.29) is 11.6 Å². The van der Waals surface area contributed by atoms with Crippen LogP contribution in [0.15, 0.2) is 18.2 Å². The van der Waals surface area contributed by atoms with Gasteiger partial charge in [-0.05, 0) is 44.0 Å². The number of urea groups is 1. The number of nitrogens with one attached hydrogen (secondary N) is 1. The molecule has 2 amide bonds. The van der Waals surface area contributed by atoms with Crippen molar-refractivity contribution in [3.63, 3.8) is 0 Å². The highest BCUT2D eigenvalue weighted by molar-refractivity contribution is 5.93. The molecular formula is C14H18N2O4. The summed E-state index contributed by atoms with van der Waals surface area (Å²) in [4.78, 5) is 24.5. The monoisotopic (exact) mass is 278 g/mol. The van der Waals surface area contributed by atoms with Gasteiger partial charge in [0.2, 0.25) is 0 Å². The van der Waals surface area contributed by atoms with E-state index in [0.29, 0.717) is 30.8 Å². The maximum atomic E-state index is 12.0. The van der Waals surface area contributed by atoms with Gasteiger partial charge in [-0.25, -0.2) is 9.59 Å². The first kappa shape index (κ1) is 14.3. The third-order valence-electron chi connectivity index (χ3n) is 3.45. The van der Waals surface area contributed by atoms with E-state index in [4.69, 9.17) is 5.11 Å². The fourth-order valence-corrected chi connectivity index (χ4v) is 2.30. The molecule has 1 aliphatic heterocycles. The lowest BCUT2D eigenvalue weighted by molar-refractivity contribution is 0.0694. The Kier molecular flexibility index (Phi) is 3.67. The van der Waals surface area contributed by atoms with E-state index in [9.17, 15) is 14.7 Å². The normalized spacial score (nSPS) is 21.9. The van der Waals surface area contributed by atoms with Crippen molar-refractivity contribution in [3.05, 3.63) is 29.3 Å². The molecule has 1 unspecified atom stereocenters. The van der Waals surface area contributed by atoms with Crippen molar-refractivity contribution in [1.29, 1.82) is 0 Å². The molecule has 0 radical (unpaired) electrons. The topological polar surface area (TPSA) is 89.9 Å². The van der Waals surface area contributed by atoms with Crippen LogP contribution in [0.1, 0.15) is 29.3 Å². The number of anilines is 1. The Morgan fingerprint density at radius 2 is 2.10 bits per heavy atom. The summed E-state index contributed by atoms with van der Waals surface area (Å²) in [5, 5.41) is 21.5. The number of hydrogen-bond acceptors (Lipinski definition) is 3. The number of nitrogens with zero attached hydrogens (tertiary/aromatic N) is 1. The Balaban J connectivity index is 2.05. The number of benzene rings is 1. The number of β-amino-alcohol motifs (C(OH)–C–C–N with tert-alkyl or cyclic N) is 1. The van der Waals surface area contributed by atoms with Crippen molar-refractivity contribution in [2.45, 2.75) is 25.9 Å². The molecule has 1 aliphatic rings. The lowest BCUT2D eigenvalue weighted by Gasteiger charge is -2.19. The number of likely N-dealkylation sites (tertiary alicyclic amines) is 1. The van der Waals surface area contributed by atoms with E-state index >= 15 is 0 Å².